The smallest absolute Gasteiger partial charge is 0.00773 e. The van der Waals surface area contributed by atoms with E-state index in [1.54, 1.807) is 11.1 Å². The third-order valence-corrected chi connectivity index (χ3v) is 4.20. The molecule has 0 aliphatic heterocycles. The molecule has 0 aromatic carbocycles. The van der Waals surface area contributed by atoms with Crippen molar-refractivity contribution >= 4 is 0 Å². The zero-order chi connectivity index (χ0) is 16.5. The van der Waals surface area contributed by atoms with Crippen molar-refractivity contribution in [2.75, 3.05) is 13.1 Å². The van der Waals surface area contributed by atoms with Crippen molar-refractivity contribution < 1.29 is 0 Å². The lowest BCUT2D eigenvalue weighted by molar-refractivity contribution is 0.643. The predicted molar refractivity (Wildman–Crippen MR) is 101 cm³/mol. The minimum absolute atomic E-state index is 0.841. The van der Waals surface area contributed by atoms with Crippen LogP contribution in [0.4, 0.5) is 0 Å². The summed E-state index contributed by atoms with van der Waals surface area (Å²) in [6.07, 6.45) is 20.0. The van der Waals surface area contributed by atoms with Gasteiger partial charge in [-0.2, -0.15) is 0 Å². The van der Waals surface area contributed by atoms with Crippen LogP contribution in [0.1, 0.15) is 90.9 Å². The third kappa shape index (κ3) is 15.8. The average Bonchev–Trinajstić information content (AvgIpc) is 2.51. The van der Waals surface area contributed by atoms with Gasteiger partial charge in [-0.3, -0.25) is 0 Å². The maximum atomic E-state index is 5.51. The topological polar surface area (TPSA) is 52.0 Å². The first-order valence-corrected chi connectivity index (χ1v) is 9.42. The van der Waals surface area contributed by atoms with Crippen molar-refractivity contribution in [1.29, 1.82) is 0 Å². The van der Waals surface area contributed by atoms with Gasteiger partial charge in [0, 0.05) is 0 Å². The van der Waals surface area contributed by atoms with E-state index in [0.717, 1.165) is 13.1 Å². The summed E-state index contributed by atoms with van der Waals surface area (Å²) in [6.45, 7) is 6.23. The second-order valence-corrected chi connectivity index (χ2v) is 6.58. The van der Waals surface area contributed by atoms with E-state index in [1.165, 1.54) is 77.0 Å². The molecule has 0 atom stereocenters. The van der Waals surface area contributed by atoms with Crippen LogP contribution in [-0.4, -0.2) is 13.1 Å². The molecule has 0 unspecified atom stereocenters. The molecule has 0 saturated heterocycles. The molecular formula is C20H40N2. The summed E-state index contributed by atoms with van der Waals surface area (Å²) in [5.74, 6) is 0. The van der Waals surface area contributed by atoms with Gasteiger partial charge in [0.25, 0.3) is 0 Å². The highest BCUT2D eigenvalue weighted by molar-refractivity contribution is 5.02. The predicted octanol–water partition coefficient (Wildman–Crippen LogP) is 5.48. The Morgan fingerprint density at radius 2 is 0.955 bits per heavy atom. The van der Waals surface area contributed by atoms with E-state index in [0.29, 0.717) is 0 Å². The van der Waals surface area contributed by atoms with E-state index >= 15 is 0 Å². The monoisotopic (exact) mass is 308 g/mol. The molecule has 0 amide bonds. The maximum Gasteiger partial charge on any atom is -0.00773 e. The Bertz CT molecular complexity index is 262. The summed E-state index contributed by atoms with van der Waals surface area (Å²) in [4.78, 5) is 0. The second-order valence-electron chi connectivity index (χ2n) is 6.58. The lowest BCUT2D eigenvalue weighted by Crippen LogP contribution is -1.97. The van der Waals surface area contributed by atoms with E-state index in [4.69, 9.17) is 11.5 Å². The van der Waals surface area contributed by atoms with Gasteiger partial charge >= 0.3 is 0 Å². The molecule has 0 bridgehead atoms. The highest BCUT2D eigenvalue weighted by Gasteiger charge is 1.94. The number of hydrogen-bond donors (Lipinski definition) is 2. The number of hydrogen-bond acceptors (Lipinski definition) is 2. The van der Waals surface area contributed by atoms with E-state index in [9.17, 15) is 0 Å². The number of allylic oxidation sites excluding steroid dienone is 4. The highest BCUT2D eigenvalue weighted by Crippen LogP contribution is 2.13. The van der Waals surface area contributed by atoms with Crippen LogP contribution in [0.5, 0.6) is 0 Å². The van der Waals surface area contributed by atoms with Gasteiger partial charge < -0.3 is 11.5 Å². The Morgan fingerprint density at radius 1 is 0.591 bits per heavy atom. The quantitative estimate of drug-likeness (QED) is 0.311. The minimum Gasteiger partial charge on any atom is -0.330 e. The lowest BCUT2D eigenvalue weighted by Gasteiger charge is -2.03. The molecule has 0 aliphatic carbocycles. The molecule has 0 radical (unpaired) electrons. The van der Waals surface area contributed by atoms with Gasteiger partial charge in [0.05, 0.1) is 0 Å². The normalized spacial score (nSPS) is 12.9. The molecule has 22 heavy (non-hydrogen) atoms. The summed E-state index contributed by atoms with van der Waals surface area (Å²) in [7, 11) is 0. The van der Waals surface area contributed by atoms with Crippen molar-refractivity contribution in [3.8, 4) is 0 Å². The van der Waals surface area contributed by atoms with Crippen molar-refractivity contribution in [1.82, 2.24) is 0 Å². The molecule has 0 rings (SSSR count). The van der Waals surface area contributed by atoms with Crippen molar-refractivity contribution in [3.05, 3.63) is 23.3 Å². The first-order chi connectivity index (χ1) is 10.7. The first-order valence-electron chi connectivity index (χ1n) is 9.42. The molecule has 0 spiro atoms. The van der Waals surface area contributed by atoms with Gasteiger partial charge in [-0.1, -0.05) is 49.0 Å². The standard InChI is InChI=1S/C20H40N2/c1-19(13-7-3-5-11-17-21)15-9-10-16-20(2)14-8-4-6-12-18-22/h15-16H,3-14,17-18,21-22H2,1-2H3. The van der Waals surface area contributed by atoms with Crippen LogP contribution in [-0.2, 0) is 0 Å². The van der Waals surface area contributed by atoms with E-state index in [-0.39, 0.29) is 0 Å². The van der Waals surface area contributed by atoms with Crippen LogP contribution < -0.4 is 11.5 Å². The first kappa shape index (κ1) is 21.4. The molecule has 0 heterocycles. The van der Waals surface area contributed by atoms with Crippen LogP contribution in [0, 0.1) is 0 Å². The Kier molecular flexibility index (Phi) is 16.3. The second kappa shape index (κ2) is 16.8. The fourth-order valence-corrected chi connectivity index (χ4v) is 2.67. The van der Waals surface area contributed by atoms with Crippen LogP contribution in [0.2, 0.25) is 0 Å². The Morgan fingerprint density at radius 3 is 1.32 bits per heavy atom. The summed E-state index contributed by atoms with van der Waals surface area (Å²) >= 11 is 0. The lowest BCUT2D eigenvalue weighted by atomic mass is 10.0. The highest BCUT2D eigenvalue weighted by atomic mass is 14.5. The van der Waals surface area contributed by atoms with Gasteiger partial charge in [0.15, 0.2) is 0 Å². The van der Waals surface area contributed by atoms with Crippen molar-refractivity contribution in [2.45, 2.75) is 90.9 Å². The van der Waals surface area contributed by atoms with Gasteiger partial charge in [-0.25, -0.2) is 0 Å². The summed E-state index contributed by atoms with van der Waals surface area (Å²) < 4.78 is 0. The zero-order valence-corrected chi connectivity index (χ0v) is 15.2. The molecule has 4 N–H and O–H groups in total. The van der Waals surface area contributed by atoms with Crippen molar-refractivity contribution in [2.24, 2.45) is 11.5 Å². The van der Waals surface area contributed by atoms with Gasteiger partial charge in [0.1, 0.15) is 0 Å². The molecule has 0 aliphatic rings. The largest absolute Gasteiger partial charge is 0.330 e. The molecule has 130 valence electrons. The minimum atomic E-state index is 0.841. The van der Waals surface area contributed by atoms with Crippen LogP contribution >= 0.6 is 0 Å². The van der Waals surface area contributed by atoms with Crippen LogP contribution in [0.25, 0.3) is 0 Å². The number of unbranched alkanes of at least 4 members (excludes halogenated alkanes) is 7. The fourth-order valence-electron chi connectivity index (χ4n) is 2.67. The zero-order valence-electron chi connectivity index (χ0n) is 15.2. The molecule has 0 fully saturated rings. The number of rotatable bonds is 15. The summed E-state index contributed by atoms with van der Waals surface area (Å²) in [5.41, 5.74) is 14.1. The Balaban J connectivity index is 3.57. The van der Waals surface area contributed by atoms with Gasteiger partial charge in [-0.05, 0) is 78.3 Å². The molecule has 0 aromatic heterocycles. The summed E-state index contributed by atoms with van der Waals surface area (Å²) in [5, 5.41) is 0. The van der Waals surface area contributed by atoms with E-state index in [2.05, 4.69) is 26.0 Å². The Hall–Kier alpha value is -0.600. The molecular weight excluding hydrogens is 268 g/mol. The number of nitrogens with two attached hydrogens (primary N) is 2. The van der Waals surface area contributed by atoms with Crippen LogP contribution in [0.3, 0.4) is 0 Å². The van der Waals surface area contributed by atoms with E-state index < -0.39 is 0 Å². The van der Waals surface area contributed by atoms with Crippen molar-refractivity contribution in [3.63, 3.8) is 0 Å². The average molecular weight is 309 g/mol. The maximum absolute atomic E-state index is 5.51. The third-order valence-electron chi connectivity index (χ3n) is 4.20. The molecule has 0 saturated carbocycles. The molecule has 2 nitrogen and oxygen atoms in total. The molecule has 2 heteroatoms. The Labute approximate surface area is 139 Å². The van der Waals surface area contributed by atoms with E-state index in [1.807, 2.05) is 0 Å². The SMILES string of the molecule is CC(=CCCC=C(C)CCCCCCN)CCCCCCN. The fraction of sp³-hybridized carbons (Fsp3) is 0.800. The van der Waals surface area contributed by atoms with Gasteiger partial charge in [0.2, 0.25) is 0 Å². The van der Waals surface area contributed by atoms with Crippen LogP contribution in [0.15, 0.2) is 23.3 Å². The van der Waals surface area contributed by atoms with Gasteiger partial charge in [-0.15, -0.1) is 0 Å². The molecule has 0 aromatic rings. The summed E-state index contributed by atoms with van der Waals surface area (Å²) in [6, 6.07) is 0.